The highest BCUT2D eigenvalue weighted by Gasteiger charge is 1.95. The van der Waals surface area contributed by atoms with Gasteiger partial charge in [0.15, 0.2) is 5.94 Å². The van der Waals surface area contributed by atoms with Gasteiger partial charge in [0.2, 0.25) is 0 Å². The summed E-state index contributed by atoms with van der Waals surface area (Å²) in [4.78, 5) is 10.0. The summed E-state index contributed by atoms with van der Waals surface area (Å²) in [6.07, 6.45) is 3.83. The minimum atomic E-state index is 0.797. The summed E-state index contributed by atoms with van der Waals surface area (Å²) in [7, 11) is 0. The van der Waals surface area contributed by atoms with Crippen LogP contribution in [0.1, 0.15) is 0 Å². The van der Waals surface area contributed by atoms with Crippen LogP contribution in [0.5, 0.6) is 0 Å². The molecule has 0 fully saturated rings. The molecule has 12 heavy (non-hydrogen) atoms. The van der Waals surface area contributed by atoms with Gasteiger partial charge in [0, 0.05) is 5.57 Å². The zero-order valence-electron chi connectivity index (χ0n) is 6.37. The maximum Gasteiger partial charge on any atom is 0.177 e. The molecular formula is C11H6O. The summed E-state index contributed by atoms with van der Waals surface area (Å²) in [5.74, 6) is 1.64. The molecule has 0 spiro atoms. The van der Waals surface area contributed by atoms with Crippen LogP contribution in [0, 0.1) is 0 Å². The quantitative estimate of drug-likeness (QED) is 0.384. The Labute approximate surface area is 69.7 Å². The number of fused-ring (bicyclic) bond motifs is 1. The monoisotopic (exact) mass is 154 g/mol. The lowest BCUT2D eigenvalue weighted by Gasteiger charge is -1.79. The van der Waals surface area contributed by atoms with Crippen molar-refractivity contribution in [3.05, 3.63) is 46.0 Å². The first kappa shape index (κ1) is 6.87. The first-order valence-corrected chi connectivity index (χ1v) is 3.69. The summed E-state index contributed by atoms with van der Waals surface area (Å²) in [6, 6.07) is 7.95. The van der Waals surface area contributed by atoms with Crippen LogP contribution in [0.3, 0.4) is 0 Å². The molecule has 0 radical (unpaired) electrons. The number of carbonyl (C=O) groups excluding carboxylic acids is 1. The van der Waals surface area contributed by atoms with Crippen molar-refractivity contribution in [1.82, 2.24) is 0 Å². The molecule has 1 nitrogen and oxygen atoms in total. The molecule has 1 aromatic carbocycles. The lowest BCUT2D eigenvalue weighted by Crippen LogP contribution is -2.19. The lowest BCUT2D eigenvalue weighted by molar-refractivity contribution is 0.569. The lowest BCUT2D eigenvalue weighted by atomic mass is 10.3. The van der Waals surface area contributed by atoms with Gasteiger partial charge in [-0.1, -0.05) is 24.3 Å². The second-order valence-electron chi connectivity index (χ2n) is 2.60. The van der Waals surface area contributed by atoms with E-state index >= 15 is 0 Å². The first-order chi connectivity index (χ1) is 5.90. The van der Waals surface area contributed by atoms with Gasteiger partial charge in [0.25, 0.3) is 0 Å². The Balaban J connectivity index is 2.85. The predicted octanol–water partition coefficient (Wildman–Crippen LogP) is 0.174. The Morgan fingerprint density at radius 3 is 2.08 bits per heavy atom. The molecule has 0 saturated carbocycles. The molecule has 2 rings (SSSR count). The minimum Gasteiger partial charge on any atom is -0.224 e. The van der Waals surface area contributed by atoms with Crippen molar-refractivity contribution in [3.63, 3.8) is 0 Å². The zero-order valence-corrected chi connectivity index (χ0v) is 6.37. The van der Waals surface area contributed by atoms with Crippen LogP contribution < -0.4 is 10.4 Å². The summed E-state index contributed by atoms with van der Waals surface area (Å²) < 4.78 is 0. The molecule has 0 aliphatic heterocycles. The molecule has 0 atom stereocenters. The smallest absolute Gasteiger partial charge is 0.177 e. The van der Waals surface area contributed by atoms with Gasteiger partial charge in [0.1, 0.15) is 0 Å². The molecule has 0 N–H and O–H groups in total. The van der Waals surface area contributed by atoms with Crippen molar-refractivity contribution in [1.29, 1.82) is 0 Å². The topological polar surface area (TPSA) is 17.1 Å². The first-order valence-electron chi connectivity index (χ1n) is 3.69. The van der Waals surface area contributed by atoms with E-state index in [0.717, 1.165) is 16.0 Å². The van der Waals surface area contributed by atoms with Crippen molar-refractivity contribution in [2.24, 2.45) is 0 Å². The van der Waals surface area contributed by atoms with E-state index in [1.807, 2.05) is 36.4 Å². The van der Waals surface area contributed by atoms with Gasteiger partial charge < -0.3 is 0 Å². The third-order valence-corrected chi connectivity index (χ3v) is 1.81. The number of hydrogen-bond acceptors (Lipinski definition) is 1. The van der Waals surface area contributed by atoms with Gasteiger partial charge in [-0.15, -0.1) is 0 Å². The van der Waals surface area contributed by atoms with Crippen molar-refractivity contribution in [2.45, 2.75) is 0 Å². The predicted molar refractivity (Wildman–Crippen MR) is 47.3 cm³/mol. The molecule has 0 saturated heterocycles. The number of rotatable bonds is 0. The SMILES string of the molecule is O=C=C=C1C=c2ccccc2=C1. The van der Waals surface area contributed by atoms with E-state index in [1.165, 1.54) is 0 Å². The van der Waals surface area contributed by atoms with Crippen molar-refractivity contribution >= 4 is 18.1 Å². The third-order valence-electron chi connectivity index (χ3n) is 1.81. The second kappa shape index (κ2) is 2.67. The zero-order chi connectivity index (χ0) is 8.39. The van der Waals surface area contributed by atoms with Crippen LogP contribution in [-0.4, -0.2) is 5.94 Å². The van der Waals surface area contributed by atoms with Gasteiger partial charge in [-0.25, -0.2) is 4.79 Å². The standard InChI is InChI=1S/C11H6O/c12-6-5-9-7-10-3-1-2-4-11(10)8-9/h1-4,7-8H. The molecule has 1 aliphatic carbocycles. The normalized spacial score (nSPS) is 12.2. The summed E-state index contributed by atoms with van der Waals surface area (Å²) in [6.45, 7) is 0. The summed E-state index contributed by atoms with van der Waals surface area (Å²) in [5, 5.41) is 2.27. The number of benzene rings is 1. The Morgan fingerprint density at radius 1 is 1.00 bits per heavy atom. The molecule has 0 amide bonds. The fourth-order valence-corrected chi connectivity index (χ4v) is 1.28. The summed E-state index contributed by atoms with van der Waals surface area (Å²) in [5.41, 5.74) is 3.29. The van der Waals surface area contributed by atoms with Gasteiger partial charge in [0.05, 0.1) is 0 Å². The van der Waals surface area contributed by atoms with E-state index in [4.69, 9.17) is 0 Å². The maximum absolute atomic E-state index is 10.0. The summed E-state index contributed by atoms with van der Waals surface area (Å²) >= 11 is 0. The van der Waals surface area contributed by atoms with E-state index in [1.54, 1.807) is 5.94 Å². The van der Waals surface area contributed by atoms with E-state index < -0.39 is 0 Å². The van der Waals surface area contributed by atoms with E-state index in [9.17, 15) is 4.79 Å². The molecular weight excluding hydrogens is 148 g/mol. The van der Waals surface area contributed by atoms with Crippen LogP contribution in [0.15, 0.2) is 35.6 Å². The van der Waals surface area contributed by atoms with E-state index in [2.05, 4.69) is 5.73 Å². The van der Waals surface area contributed by atoms with Gasteiger partial charge in [-0.05, 0) is 28.3 Å². The number of allylic oxidation sites excluding steroid dienone is 1. The molecule has 1 heteroatoms. The molecule has 56 valence electrons. The van der Waals surface area contributed by atoms with Crippen molar-refractivity contribution < 1.29 is 4.79 Å². The van der Waals surface area contributed by atoms with Crippen molar-refractivity contribution in [2.75, 3.05) is 0 Å². The minimum absolute atomic E-state index is 0.797. The van der Waals surface area contributed by atoms with Crippen molar-refractivity contribution in [3.8, 4) is 0 Å². The Morgan fingerprint density at radius 2 is 1.58 bits per heavy atom. The highest BCUT2D eigenvalue weighted by Crippen LogP contribution is 1.97. The van der Waals surface area contributed by atoms with Crippen LogP contribution in [0.2, 0.25) is 0 Å². The second-order valence-corrected chi connectivity index (χ2v) is 2.60. The molecule has 0 bridgehead atoms. The Bertz CT molecular complexity index is 473. The average Bonchev–Trinajstić information content (AvgIpc) is 2.47. The van der Waals surface area contributed by atoms with Crippen LogP contribution in [0.4, 0.5) is 0 Å². The van der Waals surface area contributed by atoms with Crippen LogP contribution in [0.25, 0.3) is 12.2 Å². The molecule has 0 heterocycles. The molecule has 1 aliphatic rings. The number of hydrogen-bond donors (Lipinski definition) is 0. The molecule has 1 aromatic rings. The Hall–Kier alpha value is -1.81. The Kier molecular flexibility index (Phi) is 1.53. The highest BCUT2D eigenvalue weighted by molar-refractivity contribution is 5.73. The van der Waals surface area contributed by atoms with Crippen LogP contribution >= 0.6 is 0 Å². The van der Waals surface area contributed by atoms with Gasteiger partial charge in [-0.3, -0.25) is 0 Å². The third kappa shape index (κ3) is 1.04. The van der Waals surface area contributed by atoms with E-state index in [-0.39, 0.29) is 0 Å². The highest BCUT2D eigenvalue weighted by atomic mass is 16.1. The maximum atomic E-state index is 10.0. The van der Waals surface area contributed by atoms with Gasteiger partial charge >= 0.3 is 0 Å². The average molecular weight is 154 g/mol. The van der Waals surface area contributed by atoms with E-state index in [0.29, 0.717) is 0 Å². The molecule has 0 aromatic heterocycles. The largest absolute Gasteiger partial charge is 0.224 e. The van der Waals surface area contributed by atoms with Crippen LogP contribution in [-0.2, 0) is 4.79 Å². The molecule has 0 unspecified atom stereocenters. The van der Waals surface area contributed by atoms with Gasteiger partial charge in [-0.2, -0.15) is 0 Å². The fraction of sp³-hybridized carbons (Fsp3) is 0. The fourth-order valence-electron chi connectivity index (χ4n) is 1.28.